The molecule has 1 saturated heterocycles. The SMILES string of the molecule is CC(C)C(NC(=O)C(NC(=O)C1CCCN1)C(C)O)C(=O)NC(CO)C(=O)O. The molecule has 0 aromatic carbocycles. The number of carbonyl (C=O) groups is 4. The number of hydrogen-bond acceptors (Lipinski definition) is 7. The number of carboxylic acid groups (broad SMARTS) is 1. The van der Waals surface area contributed by atoms with Gasteiger partial charge in [0.2, 0.25) is 17.7 Å². The minimum Gasteiger partial charge on any atom is -0.480 e. The zero-order valence-corrected chi connectivity index (χ0v) is 16.3. The van der Waals surface area contributed by atoms with E-state index in [9.17, 15) is 24.3 Å². The lowest BCUT2D eigenvalue weighted by atomic mass is 10.0. The van der Waals surface area contributed by atoms with Crippen molar-refractivity contribution >= 4 is 23.7 Å². The molecule has 0 bridgehead atoms. The fourth-order valence-corrected chi connectivity index (χ4v) is 2.79. The zero-order chi connectivity index (χ0) is 21.4. The molecule has 1 aliphatic heterocycles. The molecule has 0 aromatic heterocycles. The monoisotopic (exact) mass is 402 g/mol. The largest absolute Gasteiger partial charge is 0.480 e. The van der Waals surface area contributed by atoms with Gasteiger partial charge in [0.1, 0.15) is 18.1 Å². The lowest BCUT2D eigenvalue weighted by Crippen LogP contribution is -2.61. The van der Waals surface area contributed by atoms with Crippen molar-refractivity contribution in [1.82, 2.24) is 21.3 Å². The summed E-state index contributed by atoms with van der Waals surface area (Å²) in [5.74, 6) is -3.82. The average Bonchev–Trinajstić information content (AvgIpc) is 3.15. The minimum absolute atomic E-state index is 0.418. The fraction of sp³-hybridized carbons (Fsp3) is 0.765. The van der Waals surface area contributed by atoms with E-state index in [-0.39, 0.29) is 0 Å². The highest BCUT2D eigenvalue weighted by Crippen LogP contribution is 2.07. The van der Waals surface area contributed by atoms with Crippen molar-refractivity contribution < 1.29 is 34.5 Å². The number of hydrogen-bond donors (Lipinski definition) is 7. The van der Waals surface area contributed by atoms with Gasteiger partial charge in [-0.25, -0.2) is 4.79 Å². The third-order valence-electron chi connectivity index (χ3n) is 4.48. The zero-order valence-electron chi connectivity index (χ0n) is 16.3. The number of carbonyl (C=O) groups excluding carboxylic acids is 3. The van der Waals surface area contributed by atoms with Crippen LogP contribution >= 0.6 is 0 Å². The smallest absolute Gasteiger partial charge is 0.328 e. The summed E-state index contributed by atoms with van der Waals surface area (Å²) in [4.78, 5) is 48.2. The summed E-state index contributed by atoms with van der Waals surface area (Å²) in [5.41, 5.74) is 0. The van der Waals surface area contributed by atoms with E-state index in [0.29, 0.717) is 13.0 Å². The summed E-state index contributed by atoms with van der Waals surface area (Å²) in [6.45, 7) is 4.49. The van der Waals surface area contributed by atoms with E-state index in [4.69, 9.17) is 10.2 Å². The highest BCUT2D eigenvalue weighted by atomic mass is 16.4. The number of aliphatic hydroxyl groups excluding tert-OH is 2. The molecule has 3 amide bonds. The second-order valence-electron chi connectivity index (χ2n) is 7.19. The Labute approximate surface area is 163 Å². The van der Waals surface area contributed by atoms with Crippen molar-refractivity contribution in [2.45, 2.75) is 63.9 Å². The number of carboxylic acids is 1. The molecule has 0 spiro atoms. The van der Waals surface area contributed by atoms with Crippen molar-refractivity contribution in [3.05, 3.63) is 0 Å². The Morgan fingerprint density at radius 2 is 1.64 bits per heavy atom. The van der Waals surface area contributed by atoms with Crippen molar-refractivity contribution in [2.75, 3.05) is 13.2 Å². The third kappa shape index (κ3) is 6.73. The Bertz CT molecular complexity index is 576. The van der Waals surface area contributed by atoms with Crippen LogP contribution in [0.25, 0.3) is 0 Å². The number of aliphatic hydroxyl groups is 2. The molecule has 0 aliphatic carbocycles. The maximum absolute atomic E-state index is 12.6. The van der Waals surface area contributed by atoms with Gasteiger partial charge in [0.15, 0.2) is 0 Å². The predicted molar refractivity (Wildman–Crippen MR) is 98.1 cm³/mol. The van der Waals surface area contributed by atoms with Crippen LogP contribution in [-0.2, 0) is 19.2 Å². The van der Waals surface area contributed by atoms with Gasteiger partial charge in [-0.05, 0) is 32.2 Å². The normalized spacial score (nSPS) is 20.7. The van der Waals surface area contributed by atoms with E-state index in [1.807, 2.05) is 0 Å². The summed E-state index contributed by atoms with van der Waals surface area (Å²) in [5, 5.41) is 37.9. The molecular formula is C17H30N4O7. The van der Waals surface area contributed by atoms with Gasteiger partial charge in [0.25, 0.3) is 0 Å². The van der Waals surface area contributed by atoms with Crippen LogP contribution in [0.2, 0.25) is 0 Å². The first-order valence-electron chi connectivity index (χ1n) is 9.24. The molecule has 1 aliphatic rings. The second kappa shape index (κ2) is 10.9. The molecule has 1 fully saturated rings. The molecule has 7 N–H and O–H groups in total. The van der Waals surface area contributed by atoms with Gasteiger partial charge in [-0.1, -0.05) is 13.8 Å². The molecule has 160 valence electrons. The Hall–Kier alpha value is -2.24. The van der Waals surface area contributed by atoms with Crippen LogP contribution in [0.15, 0.2) is 0 Å². The Morgan fingerprint density at radius 3 is 2.07 bits per heavy atom. The topological polar surface area (TPSA) is 177 Å². The van der Waals surface area contributed by atoms with Crippen molar-refractivity contribution in [2.24, 2.45) is 5.92 Å². The lowest BCUT2D eigenvalue weighted by Gasteiger charge is -2.27. The average molecular weight is 402 g/mol. The summed E-state index contributed by atoms with van der Waals surface area (Å²) >= 11 is 0. The maximum Gasteiger partial charge on any atom is 0.328 e. The van der Waals surface area contributed by atoms with Crippen molar-refractivity contribution in [3.8, 4) is 0 Å². The predicted octanol–water partition coefficient (Wildman–Crippen LogP) is -2.69. The fourth-order valence-electron chi connectivity index (χ4n) is 2.79. The van der Waals surface area contributed by atoms with Gasteiger partial charge in [-0.2, -0.15) is 0 Å². The molecule has 5 atom stereocenters. The van der Waals surface area contributed by atoms with Gasteiger partial charge in [-0.3, -0.25) is 14.4 Å². The van der Waals surface area contributed by atoms with Gasteiger partial charge < -0.3 is 36.6 Å². The first kappa shape index (κ1) is 23.8. The molecule has 11 heteroatoms. The number of rotatable bonds is 10. The summed E-state index contributed by atoms with van der Waals surface area (Å²) < 4.78 is 0. The van der Waals surface area contributed by atoms with Crippen molar-refractivity contribution in [1.29, 1.82) is 0 Å². The van der Waals surface area contributed by atoms with Gasteiger partial charge in [-0.15, -0.1) is 0 Å². The van der Waals surface area contributed by atoms with Crippen LogP contribution in [-0.4, -0.2) is 82.4 Å². The first-order chi connectivity index (χ1) is 13.1. The van der Waals surface area contributed by atoms with Crippen LogP contribution in [0, 0.1) is 5.92 Å². The first-order valence-corrected chi connectivity index (χ1v) is 9.24. The van der Waals surface area contributed by atoms with Crippen LogP contribution in [0.5, 0.6) is 0 Å². The van der Waals surface area contributed by atoms with Gasteiger partial charge in [0.05, 0.1) is 18.8 Å². The highest BCUT2D eigenvalue weighted by Gasteiger charge is 2.34. The molecular weight excluding hydrogens is 372 g/mol. The Balaban J connectivity index is 2.81. The third-order valence-corrected chi connectivity index (χ3v) is 4.48. The molecule has 1 rings (SSSR count). The van der Waals surface area contributed by atoms with E-state index in [0.717, 1.165) is 6.42 Å². The summed E-state index contributed by atoms with van der Waals surface area (Å²) in [6.07, 6.45) is 0.231. The molecule has 28 heavy (non-hydrogen) atoms. The van der Waals surface area contributed by atoms with Crippen LogP contribution in [0.4, 0.5) is 0 Å². The molecule has 11 nitrogen and oxygen atoms in total. The molecule has 0 radical (unpaired) electrons. The van der Waals surface area contributed by atoms with E-state index < -0.39 is 66.5 Å². The van der Waals surface area contributed by atoms with E-state index in [2.05, 4.69) is 21.3 Å². The molecule has 1 heterocycles. The van der Waals surface area contributed by atoms with Crippen LogP contribution in [0.3, 0.4) is 0 Å². The standard InChI is InChI=1S/C17H30N4O7/c1-8(2)12(15(25)19-11(7-22)17(27)28)20-16(26)13(9(3)23)21-14(24)10-5-4-6-18-10/h8-13,18,22-23H,4-7H2,1-3H3,(H,19,25)(H,20,26)(H,21,24)(H,27,28). The summed E-state index contributed by atoms with van der Waals surface area (Å²) in [6, 6.07) is -4.36. The van der Waals surface area contributed by atoms with Crippen LogP contribution < -0.4 is 21.3 Å². The second-order valence-corrected chi connectivity index (χ2v) is 7.19. The Kier molecular flexibility index (Phi) is 9.29. The van der Waals surface area contributed by atoms with Gasteiger partial charge >= 0.3 is 5.97 Å². The summed E-state index contributed by atoms with van der Waals surface area (Å²) in [7, 11) is 0. The van der Waals surface area contributed by atoms with Crippen LogP contribution in [0.1, 0.15) is 33.6 Å². The van der Waals surface area contributed by atoms with Crippen molar-refractivity contribution in [3.63, 3.8) is 0 Å². The number of nitrogens with one attached hydrogen (secondary N) is 4. The number of aliphatic carboxylic acids is 1. The highest BCUT2D eigenvalue weighted by molar-refractivity contribution is 5.94. The molecule has 0 aromatic rings. The van der Waals surface area contributed by atoms with Gasteiger partial charge in [0, 0.05) is 0 Å². The van der Waals surface area contributed by atoms with E-state index >= 15 is 0 Å². The minimum atomic E-state index is -1.51. The number of amides is 3. The Morgan fingerprint density at radius 1 is 1.04 bits per heavy atom. The van der Waals surface area contributed by atoms with E-state index in [1.165, 1.54) is 6.92 Å². The lowest BCUT2D eigenvalue weighted by molar-refractivity contribution is -0.143. The molecule has 5 unspecified atom stereocenters. The quantitative estimate of drug-likeness (QED) is 0.206. The maximum atomic E-state index is 12.6. The van der Waals surface area contributed by atoms with E-state index in [1.54, 1.807) is 13.8 Å². The molecule has 0 saturated carbocycles.